The van der Waals surface area contributed by atoms with Gasteiger partial charge >= 0.3 is 0 Å². The number of aryl methyl sites for hydroxylation is 1. The maximum absolute atomic E-state index is 13.4. The van der Waals surface area contributed by atoms with Gasteiger partial charge in [0.15, 0.2) is 17.7 Å². The van der Waals surface area contributed by atoms with Crippen molar-refractivity contribution >= 4 is 10.8 Å². The average Bonchev–Trinajstić information content (AvgIpc) is 2.88. The van der Waals surface area contributed by atoms with Crippen LogP contribution in [0.25, 0.3) is 44.3 Å². The molecule has 1 heterocycles. The molecule has 0 aliphatic rings. The van der Waals surface area contributed by atoms with E-state index in [1.165, 1.54) is 22.9 Å². The molecule has 0 aliphatic carbocycles. The van der Waals surface area contributed by atoms with Gasteiger partial charge in [-0.2, -0.15) is 0 Å². The lowest BCUT2D eigenvalue weighted by Gasteiger charge is -2.16. The van der Waals surface area contributed by atoms with E-state index in [2.05, 4.69) is 47.2 Å². The van der Waals surface area contributed by atoms with Crippen LogP contribution in [0.3, 0.4) is 0 Å². The van der Waals surface area contributed by atoms with Crippen molar-refractivity contribution in [1.29, 1.82) is 0 Å². The normalized spacial score (nSPS) is 10.6. The Bertz CT molecular complexity index is 1500. The summed E-state index contributed by atoms with van der Waals surface area (Å²) in [5.74, 6) is 1.09. The standard InChI is InChI=1S/C30H25FNO2.HI/c1-32-19-24-8-5-4-7-22(24)17-28(32)25-16-27(30(34-3)29(18-25)33-2)23-10-6-9-21(15-23)20-11-13-26(31)14-12-20;/h4-19H,1-3H3;1H/q+1;/p-1. The Balaban J connectivity index is 0.00000289. The predicted molar refractivity (Wildman–Crippen MR) is 134 cm³/mol. The molecule has 0 bridgehead atoms. The van der Waals surface area contributed by atoms with E-state index >= 15 is 0 Å². The van der Waals surface area contributed by atoms with Gasteiger partial charge in [-0.25, -0.2) is 8.96 Å². The molecule has 0 N–H and O–H groups in total. The molecule has 0 atom stereocenters. The smallest absolute Gasteiger partial charge is 0.213 e. The van der Waals surface area contributed by atoms with E-state index in [0.29, 0.717) is 11.5 Å². The van der Waals surface area contributed by atoms with E-state index in [1.807, 2.05) is 37.4 Å². The van der Waals surface area contributed by atoms with Gasteiger partial charge in [-0.15, -0.1) is 0 Å². The highest BCUT2D eigenvalue weighted by Crippen LogP contribution is 2.42. The zero-order valence-corrected chi connectivity index (χ0v) is 21.9. The van der Waals surface area contributed by atoms with Crippen molar-refractivity contribution in [2.75, 3.05) is 14.2 Å². The lowest BCUT2D eigenvalue weighted by atomic mass is 9.95. The third-order valence-electron chi connectivity index (χ3n) is 6.13. The Labute approximate surface area is 221 Å². The second-order valence-electron chi connectivity index (χ2n) is 8.25. The second kappa shape index (κ2) is 10.4. The first-order valence-corrected chi connectivity index (χ1v) is 11.1. The van der Waals surface area contributed by atoms with E-state index < -0.39 is 0 Å². The maximum atomic E-state index is 13.4. The van der Waals surface area contributed by atoms with E-state index in [4.69, 9.17) is 9.47 Å². The highest BCUT2D eigenvalue weighted by Gasteiger charge is 2.20. The van der Waals surface area contributed by atoms with Crippen LogP contribution < -0.4 is 38.0 Å². The van der Waals surface area contributed by atoms with Crippen molar-refractivity contribution in [3.05, 3.63) is 103 Å². The van der Waals surface area contributed by atoms with Crippen molar-refractivity contribution < 1.29 is 42.4 Å². The number of nitrogens with zero attached hydrogens (tertiary/aromatic N) is 1. The summed E-state index contributed by atoms with van der Waals surface area (Å²) in [5.41, 5.74) is 5.95. The van der Waals surface area contributed by atoms with Crippen LogP contribution in [0.4, 0.5) is 4.39 Å². The summed E-state index contributed by atoms with van der Waals surface area (Å²) >= 11 is 0. The van der Waals surface area contributed by atoms with Crippen LogP contribution in [0.2, 0.25) is 0 Å². The molecular weight excluding hydrogens is 552 g/mol. The van der Waals surface area contributed by atoms with Crippen LogP contribution in [0.1, 0.15) is 0 Å². The number of halogens is 2. The second-order valence-corrected chi connectivity index (χ2v) is 8.25. The highest BCUT2D eigenvalue weighted by atomic mass is 127. The predicted octanol–water partition coefficient (Wildman–Crippen LogP) is 3.83. The topological polar surface area (TPSA) is 22.3 Å². The summed E-state index contributed by atoms with van der Waals surface area (Å²) in [6, 6.07) is 29.4. The van der Waals surface area contributed by atoms with Crippen molar-refractivity contribution in [2.24, 2.45) is 7.05 Å². The molecule has 5 heteroatoms. The third kappa shape index (κ3) is 4.86. The Morgan fingerprint density at radius 2 is 1.37 bits per heavy atom. The van der Waals surface area contributed by atoms with Crippen LogP contribution in [-0.4, -0.2) is 14.2 Å². The van der Waals surface area contributed by atoms with Crippen LogP contribution in [0.15, 0.2) is 97.2 Å². The third-order valence-corrected chi connectivity index (χ3v) is 6.13. The van der Waals surface area contributed by atoms with Crippen molar-refractivity contribution in [1.82, 2.24) is 0 Å². The largest absolute Gasteiger partial charge is 1.00 e. The number of hydrogen-bond donors (Lipinski definition) is 0. The molecule has 0 saturated carbocycles. The van der Waals surface area contributed by atoms with E-state index in [0.717, 1.165) is 33.5 Å². The number of fused-ring (bicyclic) bond motifs is 1. The minimum Gasteiger partial charge on any atom is -1.00 e. The molecule has 0 spiro atoms. The molecule has 0 saturated heterocycles. The van der Waals surface area contributed by atoms with Crippen LogP contribution in [0, 0.1) is 5.82 Å². The fraction of sp³-hybridized carbons (Fsp3) is 0.100. The van der Waals surface area contributed by atoms with Gasteiger partial charge in [0.05, 0.1) is 19.8 Å². The Hall–Kier alpha value is -3.45. The number of rotatable bonds is 5. The Morgan fingerprint density at radius 3 is 2.09 bits per heavy atom. The summed E-state index contributed by atoms with van der Waals surface area (Å²) in [6.07, 6.45) is 2.14. The summed E-state index contributed by atoms with van der Waals surface area (Å²) in [7, 11) is 5.36. The van der Waals surface area contributed by atoms with Gasteiger partial charge in [-0.1, -0.05) is 48.5 Å². The SMILES string of the molecule is COc1cc(-c2cc3ccccc3c[n+]2C)cc(-c2cccc(-c3ccc(F)cc3)c2)c1OC.[I-]. The monoisotopic (exact) mass is 577 g/mol. The maximum Gasteiger partial charge on any atom is 0.213 e. The first-order valence-electron chi connectivity index (χ1n) is 11.1. The molecule has 3 nitrogen and oxygen atoms in total. The molecule has 4 aromatic carbocycles. The Morgan fingerprint density at radius 1 is 0.657 bits per heavy atom. The lowest BCUT2D eigenvalue weighted by molar-refractivity contribution is -0.659. The van der Waals surface area contributed by atoms with E-state index in [1.54, 1.807) is 26.4 Å². The highest BCUT2D eigenvalue weighted by molar-refractivity contribution is 5.86. The summed E-state index contributed by atoms with van der Waals surface area (Å²) in [4.78, 5) is 0. The zero-order valence-electron chi connectivity index (χ0n) is 19.8. The molecule has 176 valence electrons. The van der Waals surface area contributed by atoms with Gasteiger partial charge in [0, 0.05) is 17.0 Å². The first kappa shape index (κ1) is 24.7. The Kier molecular flexibility index (Phi) is 7.36. The molecule has 0 amide bonds. The van der Waals surface area contributed by atoms with Gasteiger partial charge in [-0.3, -0.25) is 0 Å². The number of benzene rings is 4. The fourth-order valence-electron chi connectivity index (χ4n) is 4.41. The van der Waals surface area contributed by atoms with Gasteiger partial charge < -0.3 is 33.5 Å². The molecule has 0 unspecified atom stereocenters. The van der Waals surface area contributed by atoms with Crippen LogP contribution >= 0.6 is 0 Å². The molecular formula is C30H25FINO2. The molecule has 0 aliphatic heterocycles. The minimum absolute atomic E-state index is 0. The summed E-state index contributed by atoms with van der Waals surface area (Å²) < 4.78 is 27.1. The molecule has 0 fully saturated rings. The molecule has 35 heavy (non-hydrogen) atoms. The minimum atomic E-state index is -0.248. The summed E-state index contributed by atoms with van der Waals surface area (Å²) in [6.45, 7) is 0. The van der Waals surface area contributed by atoms with E-state index in [-0.39, 0.29) is 29.8 Å². The molecule has 1 aromatic heterocycles. The van der Waals surface area contributed by atoms with Crippen LogP contribution in [-0.2, 0) is 7.05 Å². The fourth-order valence-corrected chi connectivity index (χ4v) is 4.41. The van der Waals surface area contributed by atoms with E-state index in [9.17, 15) is 4.39 Å². The van der Waals surface area contributed by atoms with Crippen molar-refractivity contribution in [3.8, 4) is 45.0 Å². The van der Waals surface area contributed by atoms with Crippen molar-refractivity contribution in [2.45, 2.75) is 0 Å². The quantitative estimate of drug-likeness (QED) is 0.234. The number of ether oxygens (including phenoxy) is 2. The first-order chi connectivity index (χ1) is 16.6. The number of methoxy groups -OCH3 is 2. The zero-order chi connectivity index (χ0) is 23.7. The lowest BCUT2D eigenvalue weighted by Crippen LogP contribution is -3.00. The average molecular weight is 577 g/mol. The van der Waals surface area contributed by atoms with Crippen LogP contribution in [0.5, 0.6) is 11.5 Å². The molecule has 0 radical (unpaired) electrons. The molecule has 5 aromatic rings. The van der Waals surface area contributed by atoms with Crippen molar-refractivity contribution in [3.63, 3.8) is 0 Å². The number of pyridine rings is 1. The number of aromatic nitrogens is 1. The van der Waals surface area contributed by atoms with Gasteiger partial charge in [0.2, 0.25) is 5.69 Å². The molecule has 5 rings (SSSR count). The van der Waals surface area contributed by atoms with Gasteiger partial charge in [-0.05, 0) is 58.5 Å². The summed E-state index contributed by atoms with van der Waals surface area (Å²) in [5, 5.41) is 2.35. The van der Waals surface area contributed by atoms with Gasteiger partial charge in [0.1, 0.15) is 12.9 Å². The number of hydrogen-bond acceptors (Lipinski definition) is 2. The van der Waals surface area contributed by atoms with Gasteiger partial charge in [0.25, 0.3) is 0 Å².